The van der Waals surface area contributed by atoms with Crippen LogP contribution in [0, 0.1) is 0 Å². The first-order valence-electron chi connectivity index (χ1n) is 8.45. The number of pyridine rings is 1. The van der Waals surface area contributed by atoms with Crippen molar-refractivity contribution in [1.82, 2.24) is 8.96 Å². The van der Waals surface area contributed by atoms with Gasteiger partial charge in [-0.3, -0.25) is 0 Å². The number of hydrogen-bond donors (Lipinski definition) is 1. The van der Waals surface area contributed by atoms with Crippen molar-refractivity contribution in [2.24, 2.45) is 0 Å². The Kier molecular flexibility index (Phi) is 5.99. The standard InChI is InChI=1S/C16H10F6N2O8S2/c1-31-6-9-12-8-4-7(32-34(29,30)16(20,21)22)2-3-10(8)24(33(27,28)15(17,18)19)11(12)5-23-13(9)14(25)26/h2-5H,6H2,1H3,(H,25,26). The van der Waals surface area contributed by atoms with Gasteiger partial charge in [-0.2, -0.15) is 43.2 Å². The second kappa shape index (κ2) is 7.98. The Morgan fingerprint density at radius 3 is 2.18 bits per heavy atom. The highest BCUT2D eigenvalue weighted by molar-refractivity contribution is 7.91. The van der Waals surface area contributed by atoms with Crippen molar-refractivity contribution in [2.75, 3.05) is 7.11 Å². The average Bonchev–Trinajstić information content (AvgIpc) is 3.00. The van der Waals surface area contributed by atoms with Crippen molar-refractivity contribution in [3.63, 3.8) is 0 Å². The van der Waals surface area contributed by atoms with E-state index in [1.807, 2.05) is 0 Å². The smallest absolute Gasteiger partial charge is 0.477 e. The Morgan fingerprint density at radius 1 is 1.06 bits per heavy atom. The van der Waals surface area contributed by atoms with Crippen LogP contribution in [0.5, 0.6) is 5.75 Å². The number of rotatable bonds is 6. The van der Waals surface area contributed by atoms with Crippen LogP contribution < -0.4 is 4.18 Å². The van der Waals surface area contributed by atoms with Crippen molar-refractivity contribution in [3.8, 4) is 5.75 Å². The largest absolute Gasteiger partial charge is 0.534 e. The summed E-state index contributed by atoms with van der Waals surface area (Å²) in [7, 11) is -11.3. The van der Waals surface area contributed by atoms with Crippen LogP contribution in [0.3, 0.4) is 0 Å². The van der Waals surface area contributed by atoms with Gasteiger partial charge in [0.1, 0.15) is 5.75 Å². The van der Waals surface area contributed by atoms with E-state index < -0.39 is 82.5 Å². The quantitative estimate of drug-likeness (QED) is 0.286. The number of carboxylic acid groups (broad SMARTS) is 1. The molecule has 0 amide bonds. The fourth-order valence-corrected chi connectivity index (χ4v) is 4.55. The molecule has 1 N–H and O–H groups in total. The lowest BCUT2D eigenvalue weighted by molar-refractivity contribution is -0.0500. The summed E-state index contributed by atoms with van der Waals surface area (Å²) in [6.45, 7) is -0.622. The fraction of sp³-hybridized carbons (Fsp3) is 0.250. The maximum atomic E-state index is 13.4. The third-order valence-corrected chi connectivity index (χ3v) is 6.79. The number of halogens is 6. The van der Waals surface area contributed by atoms with Gasteiger partial charge in [0, 0.05) is 23.4 Å². The molecule has 2 heterocycles. The van der Waals surface area contributed by atoms with E-state index in [2.05, 4.69) is 9.17 Å². The number of aromatic nitrogens is 2. The van der Waals surface area contributed by atoms with Gasteiger partial charge in [0.2, 0.25) is 0 Å². The molecule has 2 aromatic heterocycles. The third kappa shape index (κ3) is 4.00. The minimum absolute atomic E-state index is 0.239. The Balaban J connectivity index is 2.52. The molecule has 0 saturated heterocycles. The minimum Gasteiger partial charge on any atom is -0.477 e. The summed E-state index contributed by atoms with van der Waals surface area (Å²) in [5, 5.41) is 8.28. The lowest BCUT2D eigenvalue weighted by Crippen LogP contribution is -2.29. The summed E-state index contributed by atoms with van der Waals surface area (Å²) < 4.78 is 134. The molecule has 186 valence electrons. The molecule has 3 rings (SSSR count). The maximum absolute atomic E-state index is 13.4. The summed E-state index contributed by atoms with van der Waals surface area (Å²) in [4.78, 5) is 15.0. The zero-order valence-corrected chi connectivity index (χ0v) is 17.9. The van der Waals surface area contributed by atoms with Crippen LogP contribution in [-0.4, -0.2) is 55.0 Å². The number of benzene rings is 1. The Labute approximate surface area is 185 Å². The number of aromatic carboxylic acids is 1. The van der Waals surface area contributed by atoms with E-state index in [-0.39, 0.29) is 3.97 Å². The van der Waals surface area contributed by atoms with Crippen molar-refractivity contribution in [3.05, 3.63) is 35.7 Å². The van der Waals surface area contributed by atoms with Crippen LogP contribution in [0.1, 0.15) is 16.1 Å². The molecule has 0 spiro atoms. The van der Waals surface area contributed by atoms with E-state index in [0.717, 1.165) is 7.11 Å². The highest BCUT2D eigenvalue weighted by atomic mass is 32.2. The minimum atomic E-state index is -6.20. The molecule has 0 radical (unpaired) electrons. The normalized spacial score (nSPS) is 13.5. The Hall–Kier alpha value is -3.12. The van der Waals surface area contributed by atoms with Crippen molar-refractivity contribution >= 4 is 47.9 Å². The van der Waals surface area contributed by atoms with Gasteiger partial charge in [-0.15, -0.1) is 0 Å². The van der Waals surface area contributed by atoms with Crippen LogP contribution in [0.2, 0.25) is 0 Å². The maximum Gasteiger partial charge on any atom is 0.534 e. The highest BCUT2D eigenvalue weighted by Gasteiger charge is 2.50. The van der Waals surface area contributed by atoms with Crippen LogP contribution in [-0.2, 0) is 31.5 Å². The van der Waals surface area contributed by atoms with E-state index in [1.165, 1.54) is 0 Å². The fourth-order valence-electron chi connectivity index (χ4n) is 3.08. The highest BCUT2D eigenvalue weighted by Crippen LogP contribution is 2.40. The molecule has 0 aliphatic rings. The molecular formula is C16H10F6N2O8S2. The molecule has 0 fully saturated rings. The van der Waals surface area contributed by atoms with Crippen LogP contribution in [0.25, 0.3) is 21.8 Å². The number of hydrogen-bond acceptors (Lipinski definition) is 8. The van der Waals surface area contributed by atoms with Crippen LogP contribution >= 0.6 is 0 Å². The molecule has 3 aromatic rings. The van der Waals surface area contributed by atoms with E-state index in [0.29, 0.717) is 24.4 Å². The number of methoxy groups -OCH3 is 1. The number of carbonyl (C=O) groups is 1. The topological polar surface area (TPSA) is 142 Å². The van der Waals surface area contributed by atoms with Gasteiger partial charge in [0.15, 0.2) is 5.69 Å². The van der Waals surface area contributed by atoms with Gasteiger partial charge in [0.05, 0.1) is 23.8 Å². The summed E-state index contributed by atoms with van der Waals surface area (Å²) in [5.74, 6) is -2.72. The van der Waals surface area contributed by atoms with E-state index in [4.69, 9.17) is 4.74 Å². The Morgan fingerprint density at radius 2 is 1.68 bits per heavy atom. The number of fused-ring (bicyclic) bond motifs is 3. The molecule has 1 aromatic carbocycles. The number of ether oxygens (including phenoxy) is 1. The molecule has 0 atom stereocenters. The molecular weight excluding hydrogens is 526 g/mol. The van der Waals surface area contributed by atoms with Gasteiger partial charge in [-0.1, -0.05) is 0 Å². The van der Waals surface area contributed by atoms with Gasteiger partial charge >= 0.3 is 37.1 Å². The lowest BCUT2D eigenvalue weighted by atomic mass is 10.1. The number of alkyl halides is 6. The van der Waals surface area contributed by atoms with Crippen LogP contribution in [0.15, 0.2) is 24.4 Å². The Bertz CT molecular complexity index is 1530. The zero-order chi connectivity index (χ0) is 25.9. The van der Waals surface area contributed by atoms with Gasteiger partial charge in [-0.05, 0) is 18.2 Å². The van der Waals surface area contributed by atoms with Crippen molar-refractivity contribution in [1.29, 1.82) is 0 Å². The third-order valence-electron chi connectivity index (χ3n) is 4.35. The number of nitrogens with zero attached hydrogens (tertiary/aromatic N) is 2. The van der Waals surface area contributed by atoms with Gasteiger partial charge < -0.3 is 14.0 Å². The van der Waals surface area contributed by atoms with Crippen molar-refractivity contribution < 1.29 is 62.0 Å². The summed E-state index contributed by atoms with van der Waals surface area (Å²) in [5.41, 5.74) is -14.5. The predicted octanol–water partition coefficient (Wildman–Crippen LogP) is 2.96. The molecule has 34 heavy (non-hydrogen) atoms. The molecule has 0 bridgehead atoms. The molecule has 18 heteroatoms. The SMILES string of the molecule is COCc1c(C(=O)O)ncc2c1c1cc(OS(=O)(=O)C(F)(F)F)ccc1n2S(=O)(=O)C(F)(F)F. The molecule has 0 saturated carbocycles. The number of carboxylic acids is 1. The monoisotopic (exact) mass is 536 g/mol. The summed E-state index contributed by atoms with van der Waals surface area (Å²) in [6.07, 6.45) is 0.508. The summed E-state index contributed by atoms with van der Waals surface area (Å²) >= 11 is 0. The second-order valence-corrected chi connectivity index (χ2v) is 9.78. The average molecular weight is 536 g/mol. The second-order valence-electron chi connectivity index (χ2n) is 6.46. The summed E-state index contributed by atoms with van der Waals surface area (Å²) in [6, 6.07) is 1.58. The van der Waals surface area contributed by atoms with Gasteiger partial charge in [-0.25, -0.2) is 13.8 Å². The predicted molar refractivity (Wildman–Crippen MR) is 101 cm³/mol. The molecule has 0 aliphatic heterocycles. The molecule has 0 unspecified atom stereocenters. The van der Waals surface area contributed by atoms with Crippen LogP contribution in [0.4, 0.5) is 26.3 Å². The first-order valence-corrected chi connectivity index (χ1v) is 11.3. The van der Waals surface area contributed by atoms with E-state index in [1.54, 1.807) is 0 Å². The zero-order valence-electron chi connectivity index (χ0n) is 16.3. The van der Waals surface area contributed by atoms with E-state index >= 15 is 0 Å². The lowest BCUT2D eigenvalue weighted by Gasteiger charge is -2.12. The molecule has 10 nitrogen and oxygen atoms in total. The first-order chi connectivity index (χ1) is 15.4. The first kappa shape index (κ1) is 25.5. The van der Waals surface area contributed by atoms with Gasteiger partial charge in [0.25, 0.3) is 0 Å². The van der Waals surface area contributed by atoms with E-state index in [9.17, 15) is 53.1 Å². The molecule has 0 aliphatic carbocycles. The van der Waals surface area contributed by atoms with Crippen molar-refractivity contribution in [2.45, 2.75) is 17.6 Å².